The van der Waals surface area contributed by atoms with Crippen molar-refractivity contribution in [2.45, 2.75) is 45.4 Å². The first kappa shape index (κ1) is 31.3. The third-order valence-corrected chi connectivity index (χ3v) is 8.29. The summed E-state index contributed by atoms with van der Waals surface area (Å²) in [6.45, 7) is 6.62. The van der Waals surface area contributed by atoms with Crippen molar-refractivity contribution in [3.05, 3.63) is 49.8 Å². The minimum atomic E-state index is -4.26. The molecule has 4 N–H and O–H groups in total. The summed E-state index contributed by atoms with van der Waals surface area (Å²) in [7, 11) is -4.26. The van der Waals surface area contributed by atoms with Crippen LogP contribution < -0.4 is 14.8 Å². The fraction of sp³-hybridized carbons (Fsp3) is 0.348. The van der Waals surface area contributed by atoms with Crippen LogP contribution in [0.1, 0.15) is 44.9 Å². The van der Waals surface area contributed by atoms with Crippen LogP contribution >= 0.6 is 22.9 Å². The molecule has 0 aliphatic rings. The number of sulfonamides is 1. The minimum absolute atomic E-state index is 0.00142. The second-order valence-electron chi connectivity index (χ2n) is 8.42. The van der Waals surface area contributed by atoms with E-state index in [2.05, 4.69) is 20.0 Å². The van der Waals surface area contributed by atoms with E-state index in [9.17, 15) is 18.0 Å². The van der Waals surface area contributed by atoms with Gasteiger partial charge in [-0.2, -0.15) is 0 Å². The van der Waals surface area contributed by atoms with Crippen molar-refractivity contribution in [1.29, 1.82) is 0 Å². The van der Waals surface area contributed by atoms with Crippen LogP contribution in [0.5, 0.6) is 5.75 Å². The molecule has 3 aromatic rings. The summed E-state index contributed by atoms with van der Waals surface area (Å²) in [6.07, 6.45) is -0.220. The van der Waals surface area contributed by atoms with Gasteiger partial charge in [0.2, 0.25) is 0 Å². The quantitative estimate of drug-likeness (QED) is 0.0922. The van der Waals surface area contributed by atoms with Gasteiger partial charge in [0.1, 0.15) is 26.2 Å². The number of hydrogen-bond donors (Lipinski definition) is 4. The summed E-state index contributed by atoms with van der Waals surface area (Å²) in [4.78, 5) is 29.5. The standard InChI is InChI=1S/C23H27ClN4O10S2/c1-12-11-13(2)19(37-23(30)35-8-5-6-9-36-28(31)32)14(3)18(12)25-21(29)20-16(7-10-39-20)40(33,34)27-22-17(24)15(4)26-38-22/h7,10-11,27,31-32H,5-6,8-9H2,1-4H3,(H,25,29). The van der Waals surface area contributed by atoms with Gasteiger partial charge in [0.15, 0.2) is 0 Å². The molecule has 3 rings (SSSR count). The average Bonchev–Trinajstić information content (AvgIpc) is 3.50. The van der Waals surface area contributed by atoms with Crippen LogP contribution in [-0.2, 0) is 19.6 Å². The SMILES string of the molecule is Cc1cc(C)c(OC(=O)OCCCCON(O)O)c(C)c1NC(=O)c1sccc1S(=O)(=O)Nc1onc(C)c1Cl. The van der Waals surface area contributed by atoms with Crippen molar-refractivity contribution < 1.29 is 47.3 Å². The molecule has 40 heavy (non-hydrogen) atoms. The van der Waals surface area contributed by atoms with Gasteiger partial charge in [-0.15, -0.1) is 11.3 Å². The molecule has 0 bridgehead atoms. The van der Waals surface area contributed by atoms with Crippen molar-refractivity contribution in [1.82, 2.24) is 10.5 Å². The van der Waals surface area contributed by atoms with E-state index >= 15 is 0 Å². The molecule has 0 radical (unpaired) electrons. The fourth-order valence-electron chi connectivity index (χ4n) is 3.58. The number of carbonyl (C=O) groups is 2. The molecule has 0 aliphatic heterocycles. The van der Waals surface area contributed by atoms with Gasteiger partial charge >= 0.3 is 6.16 Å². The number of unbranched alkanes of at least 4 members (excludes halogenated alkanes) is 1. The molecule has 0 atom stereocenters. The maximum atomic E-state index is 13.2. The zero-order valence-corrected chi connectivity index (χ0v) is 24.2. The minimum Gasteiger partial charge on any atom is -0.434 e. The van der Waals surface area contributed by atoms with Gasteiger partial charge < -0.3 is 19.3 Å². The van der Waals surface area contributed by atoms with Crippen molar-refractivity contribution in [2.24, 2.45) is 0 Å². The lowest BCUT2D eigenvalue weighted by Crippen LogP contribution is -2.20. The number of rotatable bonds is 12. The van der Waals surface area contributed by atoms with Crippen molar-refractivity contribution >= 4 is 56.6 Å². The number of ether oxygens (including phenoxy) is 2. The predicted octanol–water partition coefficient (Wildman–Crippen LogP) is 4.98. The monoisotopic (exact) mass is 618 g/mol. The summed E-state index contributed by atoms with van der Waals surface area (Å²) in [5, 5.41) is 24.3. The molecule has 2 heterocycles. The Kier molecular flexibility index (Phi) is 10.5. The van der Waals surface area contributed by atoms with E-state index < -0.39 is 27.5 Å². The van der Waals surface area contributed by atoms with E-state index in [1.54, 1.807) is 33.8 Å². The van der Waals surface area contributed by atoms with Crippen LogP contribution in [0.4, 0.5) is 16.4 Å². The van der Waals surface area contributed by atoms with E-state index in [4.69, 9.17) is 36.0 Å². The van der Waals surface area contributed by atoms with Gasteiger partial charge in [0.05, 0.1) is 24.3 Å². The highest BCUT2D eigenvalue weighted by Crippen LogP contribution is 2.35. The molecular formula is C23H27ClN4O10S2. The second-order valence-corrected chi connectivity index (χ2v) is 11.4. The molecule has 218 valence electrons. The maximum Gasteiger partial charge on any atom is 0.513 e. The molecule has 17 heteroatoms. The van der Waals surface area contributed by atoms with E-state index in [0.29, 0.717) is 40.9 Å². The Morgan fingerprint density at radius 3 is 2.50 bits per heavy atom. The fourth-order valence-corrected chi connectivity index (χ4v) is 6.07. The van der Waals surface area contributed by atoms with Gasteiger partial charge in [0, 0.05) is 5.56 Å². The largest absolute Gasteiger partial charge is 0.513 e. The lowest BCUT2D eigenvalue weighted by molar-refractivity contribution is -0.492. The van der Waals surface area contributed by atoms with Crippen LogP contribution in [-0.4, -0.2) is 54.7 Å². The normalized spacial score (nSPS) is 11.5. The lowest BCUT2D eigenvalue weighted by atomic mass is 10.0. The van der Waals surface area contributed by atoms with Gasteiger partial charge in [-0.25, -0.2) is 17.9 Å². The topological polar surface area (TPSA) is 190 Å². The molecular weight excluding hydrogens is 592 g/mol. The third kappa shape index (κ3) is 7.69. The van der Waals surface area contributed by atoms with Crippen LogP contribution in [0.2, 0.25) is 5.02 Å². The number of aryl methyl sites for hydroxylation is 3. The molecule has 0 fully saturated rings. The molecule has 0 saturated heterocycles. The molecule has 2 aromatic heterocycles. The maximum absolute atomic E-state index is 13.2. The number of nitrogens with one attached hydrogen (secondary N) is 2. The second kappa shape index (κ2) is 13.4. The molecule has 1 aromatic carbocycles. The molecule has 0 unspecified atom stereocenters. The van der Waals surface area contributed by atoms with Crippen LogP contribution in [0.25, 0.3) is 0 Å². The van der Waals surface area contributed by atoms with Gasteiger partial charge in [0.25, 0.3) is 21.8 Å². The number of anilines is 2. The number of benzene rings is 1. The van der Waals surface area contributed by atoms with Crippen molar-refractivity contribution in [3.8, 4) is 5.75 Å². The number of halogens is 1. The summed E-state index contributed by atoms with van der Waals surface area (Å²) in [6, 6.07) is 2.97. The number of hydrogen-bond acceptors (Lipinski definition) is 13. The molecule has 1 amide bonds. The Morgan fingerprint density at radius 2 is 1.85 bits per heavy atom. The van der Waals surface area contributed by atoms with E-state index in [0.717, 1.165) is 11.3 Å². The van der Waals surface area contributed by atoms with E-state index in [1.807, 2.05) is 0 Å². The van der Waals surface area contributed by atoms with Crippen molar-refractivity contribution in [2.75, 3.05) is 23.3 Å². The third-order valence-electron chi connectivity index (χ3n) is 5.43. The summed E-state index contributed by atoms with van der Waals surface area (Å²) in [5.41, 5.74) is 2.29. The molecule has 14 nitrogen and oxygen atoms in total. The molecule has 0 aliphatic carbocycles. The zero-order chi connectivity index (χ0) is 29.6. The van der Waals surface area contributed by atoms with Gasteiger partial charge in [-0.1, -0.05) is 22.8 Å². The zero-order valence-electron chi connectivity index (χ0n) is 21.8. The number of thiophene rings is 1. The Hall–Kier alpha value is -3.25. The Bertz CT molecular complexity index is 1490. The molecule has 0 saturated carbocycles. The first-order valence-electron chi connectivity index (χ1n) is 11.6. The highest BCUT2D eigenvalue weighted by molar-refractivity contribution is 7.93. The van der Waals surface area contributed by atoms with Crippen LogP contribution in [0, 0.1) is 27.7 Å². The Balaban J connectivity index is 1.73. The average molecular weight is 619 g/mol. The predicted molar refractivity (Wildman–Crippen MR) is 143 cm³/mol. The molecule has 0 spiro atoms. The summed E-state index contributed by atoms with van der Waals surface area (Å²) < 4.78 is 43.5. The van der Waals surface area contributed by atoms with E-state index in [1.165, 1.54) is 11.4 Å². The lowest BCUT2D eigenvalue weighted by Gasteiger charge is -2.17. The van der Waals surface area contributed by atoms with Gasteiger partial charge in [-0.05, 0) is 63.1 Å². The summed E-state index contributed by atoms with van der Waals surface area (Å²) in [5.74, 6) is -0.808. The first-order chi connectivity index (χ1) is 18.8. The number of nitrogens with zero attached hydrogens (tertiary/aromatic N) is 2. The highest BCUT2D eigenvalue weighted by Gasteiger charge is 2.28. The van der Waals surface area contributed by atoms with Gasteiger partial charge in [-0.3, -0.25) is 20.0 Å². The smallest absolute Gasteiger partial charge is 0.434 e. The van der Waals surface area contributed by atoms with Crippen LogP contribution in [0.3, 0.4) is 0 Å². The number of carbonyl (C=O) groups excluding carboxylic acids is 2. The number of amides is 1. The number of aromatic nitrogens is 1. The summed E-state index contributed by atoms with van der Waals surface area (Å²) >= 11 is 6.93. The van der Waals surface area contributed by atoms with Crippen molar-refractivity contribution in [3.63, 3.8) is 0 Å². The van der Waals surface area contributed by atoms with Crippen LogP contribution in [0.15, 0.2) is 26.9 Å². The first-order valence-corrected chi connectivity index (χ1v) is 14.4. The Morgan fingerprint density at radius 1 is 1.15 bits per heavy atom. The highest BCUT2D eigenvalue weighted by atomic mass is 35.5. The Labute approximate surface area is 238 Å². The van der Waals surface area contributed by atoms with E-state index in [-0.39, 0.29) is 39.6 Å².